The fraction of sp³-hybridized carbons (Fsp3) is 0.235. The van der Waals surface area contributed by atoms with Crippen molar-refractivity contribution in [3.05, 3.63) is 45.3 Å². The van der Waals surface area contributed by atoms with Crippen LogP contribution in [0.3, 0.4) is 0 Å². The summed E-state index contributed by atoms with van der Waals surface area (Å²) < 4.78 is 5.24. The van der Waals surface area contributed by atoms with Crippen molar-refractivity contribution in [2.24, 2.45) is 0 Å². The number of hydrogen-bond acceptors (Lipinski definition) is 6. The molecule has 0 saturated carbocycles. The number of rotatable bonds is 3. The largest absolute Gasteiger partial charge is 0.355 e. The monoisotopic (exact) mass is 355 g/mol. The molecule has 0 saturated heterocycles. The van der Waals surface area contributed by atoms with Crippen molar-refractivity contribution in [3.8, 4) is 16.7 Å². The van der Waals surface area contributed by atoms with E-state index < -0.39 is 0 Å². The average Bonchev–Trinajstić information content (AvgIpc) is 3.33. The van der Waals surface area contributed by atoms with Gasteiger partial charge in [-0.05, 0) is 42.7 Å². The van der Waals surface area contributed by atoms with E-state index in [0.29, 0.717) is 16.3 Å². The molecule has 5 nitrogen and oxygen atoms in total. The highest BCUT2D eigenvalue weighted by Gasteiger charge is 2.23. The van der Waals surface area contributed by atoms with Crippen LogP contribution in [0, 0.1) is 11.3 Å². The van der Waals surface area contributed by atoms with E-state index in [1.165, 1.54) is 27.6 Å². The maximum absolute atomic E-state index is 12.4. The summed E-state index contributed by atoms with van der Waals surface area (Å²) >= 11 is 3.03. The summed E-state index contributed by atoms with van der Waals surface area (Å²) in [5.74, 6) is 0.220. The number of fused-ring (bicyclic) bond motifs is 1. The SMILES string of the molecule is N#Cc1c(NC(=O)c2cc(-c3cccs3)on2)sc2c1CCCC2. The highest BCUT2D eigenvalue weighted by molar-refractivity contribution is 7.16. The van der Waals surface area contributed by atoms with Gasteiger partial charge in [0, 0.05) is 10.9 Å². The van der Waals surface area contributed by atoms with Gasteiger partial charge in [0.25, 0.3) is 5.91 Å². The first-order valence-electron chi connectivity index (χ1n) is 7.63. The predicted octanol–water partition coefficient (Wildman–Crippen LogP) is 4.47. The van der Waals surface area contributed by atoms with Crippen LogP contribution in [0.25, 0.3) is 10.6 Å². The summed E-state index contributed by atoms with van der Waals surface area (Å²) in [7, 11) is 0. The summed E-state index contributed by atoms with van der Waals surface area (Å²) in [5, 5.41) is 18.7. The fourth-order valence-corrected chi connectivity index (χ4v) is 4.76. The zero-order chi connectivity index (χ0) is 16.5. The van der Waals surface area contributed by atoms with Crippen molar-refractivity contribution >= 4 is 33.6 Å². The van der Waals surface area contributed by atoms with Crippen LogP contribution in [-0.2, 0) is 12.8 Å². The van der Waals surface area contributed by atoms with Gasteiger partial charge in [0.15, 0.2) is 11.5 Å². The standard InChI is InChI=1S/C17H13N3O2S2/c18-9-11-10-4-1-2-5-14(10)24-17(11)19-16(21)12-8-13(22-20-12)15-6-3-7-23-15/h3,6-8H,1-2,4-5H2,(H,19,21). The molecule has 1 aliphatic carbocycles. The number of thiophene rings is 2. The van der Waals surface area contributed by atoms with Crippen molar-refractivity contribution in [1.29, 1.82) is 5.26 Å². The van der Waals surface area contributed by atoms with Crippen molar-refractivity contribution < 1.29 is 9.32 Å². The molecule has 120 valence electrons. The Hall–Kier alpha value is -2.43. The molecule has 0 radical (unpaired) electrons. The molecule has 1 aliphatic rings. The number of aromatic nitrogens is 1. The number of amides is 1. The molecule has 0 fully saturated rings. The number of hydrogen-bond donors (Lipinski definition) is 1. The van der Waals surface area contributed by atoms with E-state index in [4.69, 9.17) is 4.52 Å². The van der Waals surface area contributed by atoms with Gasteiger partial charge in [-0.3, -0.25) is 4.79 Å². The lowest BCUT2D eigenvalue weighted by Gasteiger charge is -2.09. The number of nitrogens with one attached hydrogen (secondary N) is 1. The molecule has 0 spiro atoms. The second-order valence-corrected chi connectivity index (χ2v) is 7.59. The second-order valence-electron chi connectivity index (χ2n) is 5.53. The molecule has 3 heterocycles. The number of nitrogens with zero attached hydrogens (tertiary/aromatic N) is 2. The molecule has 0 unspecified atom stereocenters. The number of aryl methyl sites for hydroxylation is 1. The molecule has 4 rings (SSSR count). The summed E-state index contributed by atoms with van der Waals surface area (Å²) in [6.45, 7) is 0. The third-order valence-electron chi connectivity index (χ3n) is 4.02. The lowest BCUT2D eigenvalue weighted by atomic mass is 9.96. The molecule has 24 heavy (non-hydrogen) atoms. The molecule has 7 heteroatoms. The first-order chi connectivity index (χ1) is 11.8. The lowest BCUT2D eigenvalue weighted by Crippen LogP contribution is -2.12. The van der Waals surface area contributed by atoms with Gasteiger partial charge in [0.1, 0.15) is 11.1 Å². The van der Waals surface area contributed by atoms with E-state index in [-0.39, 0.29) is 11.6 Å². The molecule has 0 bridgehead atoms. The van der Waals surface area contributed by atoms with Crippen molar-refractivity contribution in [1.82, 2.24) is 5.16 Å². The van der Waals surface area contributed by atoms with Gasteiger partial charge < -0.3 is 9.84 Å². The minimum Gasteiger partial charge on any atom is -0.355 e. The fourth-order valence-electron chi connectivity index (χ4n) is 2.86. The van der Waals surface area contributed by atoms with Gasteiger partial charge in [0.2, 0.25) is 0 Å². The molecule has 1 amide bonds. The van der Waals surface area contributed by atoms with E-state index in [9.17, 15) is 10.1 Å². The van der Waals surface area contributed by atoms with Crippen LogP contribution < -0.4 is 5.32 Å². The Bertz CT molecular complexity index is 932. The van der Waals surface area contributed by atoms with E-state index in [1.807, 2.05) is 17.5 Å². The first kappa shape index (κ1) is 15.1. The van der Waals surface area contributed by atoms with Gasteiger partial charge in [-0.15, -0.1) is 22.7 Å². The Morgan fingerprint density at radius 3 is 3.04 bits per heavy atom. The summed E-state index contributed by atoms with van der Waals surface area (Å²) in [4.78, 5) is 14.6. The molecule has 3 aromatic heterocycles. The van der Waals surface area contributed by atoms with Crippen molar-refractivity contribution in [2.45, 2.75) is 25.7 Å². The van der Waals surface area contributed by atoms with Crippen LogP contribution in [0.1, 0.15) is 39.3 Å². The maximum atomic E-state index is 12.4. The molecule has 1 N–H and O–H groups in total. The van der Waals surface area contributed by atoms with Gasteiger partial charge in [-0.25, -0.2) is 0 Å². The number of carbonyl (C=O) groups is 1. The Morgan fingerprint density at radius 1 is 1.38 bits per heavy atom. The topological polar surface area (TPSA) is 78.9 Å². The zero-order valence-electron chi connectivity index (χ0n) is 12.7. The van der Waals surface area contributed by atoms with E-state index in [0.717, 1.165) is 36.1 Å². The van der Waals surface area contributed by atoms with Crippen molar-refractivity contribution in [2.75, 3.05) is 5.32 Å². The van der Waals surface area contributed by atoms with Crippen LogP contribution in [0.4, 0.5) is 5.00 Å². The second kappa shape index (κ2) is 6.23. The summed E-state index contributed by atoms with van der Waals surface area (Å²) in [6, 6.07) is 7.69. The third kappa shape index (κ3) is 2.64. The van der Waals surface area contributed by atoms with Crippen LogP contribution in [-0.4, -0.2) is 11.1 Å². The highest BCUT2D eigenvalue weighted by Crippen LogP contribution is 2.37. The predicted molar refractivity (Wildman–Crippen MR) is 93.4 cm³/mol. The Kier molecular flexibility index (Phi) is 3.92. The molecule has 0 aromatic carbocycles. The zero-order valence-corrected chi connectivity index (χ0v) is 14.3. The van der Waals surface area contributed by atoms with E-state index >= 15 is 0 Å². The smallest absolute Gasteiger partial charge is 0.278 e. The van der Waals surface area contributed by atoms with E-state index in [1.54, 1.807) is 6.07 Å². The Labute approximate surface area is 146 Å². The van der Waals surface area contributed by atoms with Crippen LogP contribution in [0.2, 0.25) is 0 Å². The van der Waals surface area contributed by atoms with Crippen molar-refractivity contribution in [3.63, 3.8) is 0 Å². The Balaban J connectivity index is 1.59. The summed E-state index contributed by atoms with van der Waals surface area (Å²) in [5.41, 5.74) is 1.92. The molecule has 0 aliphatic heterocycles. The van der Waals surface area contributed by atoms with E-state index in [2.05, 4.69) is 16.5 Å². The number of anilines is 1. The third-order valence-corrected chi connectivity index (χ3v) is 6.11. The minimum absolute atomic E-state index is 0.216. The minimum atomic E-state index is -0.350. The Morgan fingerprint density at radius 2 is 2.25 bits per heavy atom. The van der Waals surface area contributed by atoms with Gasteiger partial charge >= 0.3 is 0 Å². The molecular weight excluding hydrogens is 342 g/mol. The van der Waals surface area contributed by atoms with Crippen LogP contribution >= 0.6 is 22.7 Å². The normalized spacial score (nSPS) is 13.3. The number of nitriles is 1. The average molecular weight is 355 g/mol. The van der Waals surface area contributed by atoms with Gasteiger partial charge in [-0.2, -0.15) is 5.26 Å². The van der Waals surface area contributed by atoms with Crippen LogP contribution in [0.5, 0.6) is 0 Å². The molecule has 0 atom stereocenters. The van der Waals surface area contributed by atoms with Gasteiger partial charge in [0.05, 0.1) is 10.4 Å². The lowest BCUT2D eigenvalue weighted by molar-refractivity contribution is 0.101. The molecular formula is C17H13N3O2S2. The first-order valence-corrected chi connectivity index (χ1v) is 9.32. The van der Waals surface area contributed by atoms with Gasteiger partial charge in [-0.1, -0.05) is 11.2 Å². The quantitative estimate of drug-likeness (QED) is 0.752. The highest BCUT2D eigenvalue weighted by atomic mass is 32.1. The maximum Gasteiger partial charge on any atom is 0.278 e. The summed E-state index contributed by atoms with van der Waals surface area (Å²) in [6.07, 6.45) is 4.13. The molecule has 3 aromatic rings. The van der Waals surface area contributed by atoms with Crippen LogP contribution in [0.15, 0.2) is 28.1 Å². The number of carbonyl (C=O) groups excluding carboxylic acids is 1.